The Morgan fingerprint density at radius 2 is 0.878 bits per heavy atom. The highest BCUT2D eigenvalue weighted by molar-refractivity contribution is 6.22. The van der Waals surface area contributed by atoms with Gasteiger partial charge in [-0.3, -0.25) is 0 Å². The van der Waals surface area contributed by atoms with Crippen LogP contribution in [0.3, 0.4) is 0 Å². The van der Waals surface area contributed by atoms with Crippen LogP contribution in [0.25, 0.3) is 33.9 Å². The van der Waals surface area contributed by atoms with Gasteiger partial charge in [-0.05, 0) is 62.2 Å². The number of benzene rings is 6. The van der Waals surface area contributed by atoms with E-state index in [4.69, 9.17) is 5.73 Å². The highest BCUT2D eigenvalue weighted by Crippen LogP contribution is 2.44. The maximum Gasteiger partial charge on any atom is 0.0393 e. The first kappa shape index (κ1) is 25.9. The number of anilines is 1. The van der Waals surface area contributed by atoms with E-state index >= 15 is 0 Å². The van der Waals surface area contributed by atoms with Crippen LogP contribution in [0.1, 0.15) is 27.8 Å². The third-order valence-electron chi connectivity index (χ3n) is 7.29. The Kier molecular flexibility index (Phi) is 7.69. The second-order valence-electron chi connectivity index (χ2n) is 9.95. The lowest BCUT2D eigenvalue weighted by Gasteiger charge is -2.23. The van der Waals surface area contributed by atoms with E-state index in [1.54, 1.807) is 0 Å². The van der Waals surface area contributed by atoms with Crippen LogP contribution in [0.15, 0.2) is 170 Å². The van der Waals surface area contributed by atoms with E-state index in [1.165, 1.54) is 0 Å². The highest BCUT2D eigenvalue weighted by Gasteiger charge is 2.22. The van der Waals surface area contributed by atoms with Gasteiger partial charge >= 0.3 is 0 Å². The number of para-hydroxylation sites is 1. The summed E-state index contributed by atoms with van der Waals surface area (Å²) in [4.78, 5) is 0. The van der Waals surface area contributed by atoms with E-state index in [9.17, 15) is 0 Å². The first-order valence-corrected chi connectivity index (χ1v) is 13.9. The lowest BCUT2D eigenvalue weighted by atomic mass is 9.80. The van der Waals surface area contributed by atoms with Gasteiger partial charge in [0.25, 0.3) is 0 Å². The summed E-state index contributed by atoms with van der Waals surface area (Å²) in [5, 5.41) is 0. The van der Waals surface area contributed by atoms with Gasteiger partial charge in [0.05, 0.1) is 0 Å². The summed E-state index contributed by atoms with van der Waals surface area (Å²) in [6.45, 7) is 0. The van der Waals surface area contributed by atoms with Gasteiger partial charge in [0.2, 0.25) is 0 Å². The first-order valence-electron chi connectivity index (χ1n) is 13.9. The van der Waals surface area contributed by atoms with Crippen LogP contribution in [0.5, 0.6) is 0 Å². The molecule has 41 heavy (non-hydrogen) atoms. The minimum absolute atomic E-state index is 0.761. The van der Waals surface area contributed by atoms with Crippen molar-refractivity contribution >= 4 is 28.5 Å². The van der Waals surface area contributed by atoms with Crippen molar-refractivity contribution in [3.05, 3.63) is 198 Å². The predicted octanol–water partition coefficient (Wildman–Crippen LogP) is 10.1. The molecule has 0 aliphatic carbocycles. The van der Waals surface area contributed by atoms with Gasteiger partial charge in [0, 0.05) is 11.3 Å². The molecule has 0 heterocycles. The van der Waals surface area contributed by atoms with Crippen molar-refractivity contribution in [2.24, 2.45) is 0 Å². The Labute approximate surface area is 242 Å². The molecule has 0 saturated carbocycles. The van der Waals surface area contributed by atoms with Crippen molar-refractivity contribution in [3.63, 3.8) is 0 Å². The molecule has 2 N–H and O–H groups in total. The monoisotopic (exact) mass is 525 g/mol. The molecule has 0 spiro atoms. The third kappa shape index (κ3) is 5.66. The summed E-state index contributed by atoms with van der Waals surface area (Å²) < 4.78 is 0. The standard InChI is InChI=1S/C40H31N/c41-38-28-16-15-26-35(38)34-25-13-14-27-36(34)39(32-21-9-3-10-22-32)40(33-23-11-4-12-24-33)37(31-19-7-2-8-20-31)29-30-17-5-1-6-18-30/h1-29H,41H2/b37-29-,40-39+. The SMILES string of the molecule is Nc1ccccc1-c1ccccc1/C(=C(/C(=C\c1ccccc1)c1ccccc1)c1ccccc1)c1ccccc1. The van der Waals surface area contributed by atoms with Gasteiger partial charge in [-0.1, -0.05) is 164 Å². The quantitative estimate of drug-likeness (QED) is 0.125. The molecular formula is C40H31N. The molecule has 0 aliphatic heterocycles. The molecule has 0 aliphatic rings. The number of nitrogen functional groups attached to an aromatic ring is 1. The Morgan fingerprint density at radius 1 is 0.415 bits per heavy atom. The fourth-order valence-electron chi connectivity index (χ4n) is 5.39. The molecule has 6 aromatic carbocycles. The lowest BCUT2D eigenvalue weighted by molar-refractivity contribution is 1.51. The van der Waals surface area contributed by atoms with Gasteiger partial charge < -0.3 is 5.73 Å². The summed E-state index contributed by atoms with van der Waals surface area (Å²) in [5.74, 6) is 0. The molecule has 0 aromatic heterocycles. The Bertz CT molecular complexity index is 1800. The average Bonchev–Trinajstić information content (AvgIpc) is 3.05. The number of nitrogens with two attached hydrogens (primary N) is 1. The average molecular weight is 526 g/mol. The summed E-state index contributed by atoms with van der Waals surface area (Å²) in [7, 11) is 0. The molecule has 6 aromatic rings. The van der Waals surface area contributed by atoms with Crippen molar-refractivity contribution in [2.75, 3.05) is 5.73 Å². The molecule has 6 rings (SSSR count). The van der Waals surface area contributed by atoms with E-state index < -0.39 is 0 Å². The van der Waals surface area contributed by atoms with Crippen LogP contribution in [0, 0.1) is 0 Å². The zero-order chi connectivity index (χ0) is 27.9. The third-order valence-corrected chi connectivity index (χ3v) is 7.29. The largest absolute Gasteiger partial charge is 0.398 e. The number of allylic oxidation sites excluding steroid dienone is 2. The van der Waals surface area contributed by atoms with E-state index in [0.717, 1.165) is 61.4 Å². The van der Waals surface area contributed by atoms with Crippen LogP contribution < -0.4 is 5.73 Å². The maximum absolute atomic E-state index is 6.57. The molecule has 0 saturated heterocycles. The van der Waals surface area contributed by atoms with Gasteiger partial charge in [-0.25, -0.2) is 0 Å². The fourth-order valence-corrected chi connectivity index (χ4v) is 5.39. The molecular weight excluding hydrogens is 494 g/mol. The summed E-state index contributed by atoms with van der Waals surface area (Å²) in [6, 6.07) is 59.4. The van der Waals surface area contributed by atoms with Crippen molar-refractivity contribution in [1.29, 1.82) is 0 Å². The molecule has 0 radical (unpaired) electrons. The van der Waals surface area contributed by atoms with Crippen LogP contribution >= 0.6 is 0 Å². The summed E-state index contributed by atoms with van der Waals surface area (Å²) in [6.07, 6.45) is 2.31. The van der Waals surface area contributed by atoms with Gasteiger partial charge in [0.15, 0.2) is 0 Å². The second-order valence-corrected chi connectivity index (χ2v) is 9.95. The molecule has 0 amide bonds. The summed E-state index contributed by atoms with van der Waals surface area (Å²) in [5.41, 5.74) is 18.6. The Balaban J connectivity index is 1.78. The Hall–Kier alpha value is -5.40. The molecule has 0 bridgehead atoms. The molecule has 1 nitrogen and oxygen atoms in total. The fraction of sp³-hybridized carbons (Fsp3) is 0. The predicted molar refractivity (Wildman–Crippen MR) is 176 cm³/mol. The van der Waals surface area contributed by atoms with Crippen LogP contribution in [0.2, 0.25) is 0 Å². The van der Waals surface area contributed by atoms with Gasteiger partial charge in [-0.2, -0.15) is 0 Å². The minimum Gasteiger partial charge on any atom is -0.398 e. The van der Waals surface area contributed by atoms with E-state index in [0.29, 0.717) is 0 Å². The van der Waals surface area contributed by atoms with Crippen LogP contribution in [0.4, 0.5) is 5.69 Å². The molecule has 0 atom stereocenters. The van der Waals surface area contributed by atoms with Crippen LogP contribution in [-0.2, 0) is 0 Å². The smallest absolute Gasteiger partial charge is 0.0393 e. The normalized spacial score (nSPS) is 12.0. The zero-order valence-electron chi connectivity index (χ0n) is 22.8. The first-order chi connectivity index (χ1) is 20.3. The highest BCUT2D eigenvalue weighted by atomic mass is 14.6. The van der Waals surface area contributed by atoms with Gasteiger partial charge in [0.1, 0.15) is 0 Å². The van der Waals surface area contributed by atoms with Crippen molar-refractivity contribution in [3.8, 4) is 11.1 Å². The topological polar surface area (TPSA) is 26.0 Å². The van der Waals surface area contributed by atoms with E-state index in [-0.39, 0.29) is 0 Å². The Morgan fingerprint density at radius 3 is 1.49 bits per heavy atom. The van der Waals surface area contributed by atoms with Crippen molar-refractivity contribution < 1.29 is 0 Å². The second kappa shape index (κ2) is 12.2. The molecule has 0 unspecified atom stereocenters. The number of hydrogen-bond acceptors (Lipinski definition) is 1. The summed E-state index contributed by atoms with van der Waals surface area (Å²) >= 11 is 0. The minimum atomic E-state index is 0.761. The van der Waals surface area contributed by atoms with Crippen molar-refractivity contribution in [1.82, 2.24) is 0 Å². The zero-order valence-corrected chi connectivity index (χ0v) is 22.8. The van der Waals surface area contributed by atoms with E-state index in [1.807, 2.05) is 12.1 Å². The van der Waals surface area contributed by atoms with Crippen LogP contribution in [-0.4, -0.2) is 0 Å². The lowest BCUT2D eigenvalue weighted by Crippen LogP contribution is -2.01. The van der Waals surface area contributed by atoms with E-state index in [2.05, 4.69) is 164 Å². The van der Waals surface area contributed by atoms with Crippen molar-refractivity contribution in [2.45, 2.75) is 0 Å². The molecule has 1 heteroatoms. The maximum atomic E-state index is 6.57. The van der Waals surface area contributed by atoms with Gasteiger partial charge in [-0.15, -0.1) is 0 Å². The number of rotatable bonds is 7. The molecule has 196 valence electrons. The number of hydrogen-bond donors (Lipinski definition) is 1. The molecule has 0 fully saturated rings.